The molecule has 1 fully saturated rings. The van der Waals surface area contributed by atoms with Gasteiger partial charge in [-0.1, -0.05) is 52.4 Å². The summed E-state index contributed by atoms with van der Waals surface area (Å²) in [7, 11) is 0. The van der Waals surface area contributed by atoms with Crippen molar-refractivity contribution in [2.24, 2.45) is 11.8 Å². The van der Waals surface area contributed by atoms with Gasteiger partial charge in [0.2, 0.25) is 0 Å². The molecule has 2 unspecified atom stereocenters. The molecule has 1 aliphatic heterocycles. The van der Waals surface area contributed by atoms with Gasteiger partial charge in [0.25, 0.3) is 0 Å². The molecular weight excluding hydrogens is 188 g/mol. The Morgan fingerprint density at radius 3 is 2.67 bits per heavy atom. The highest BCUT2D eigenvalue weighted by Crippen LogP contribution is 2.29. The minimum atomic E-state index is 0.00649. The third-order valence-corrected chi connectivity index (χ3v) is 3.51. The molecule has 15 heavy (non-hydrogen) atoms. The minimum Gasteiger partial charge on any atom is -0.465 e. The van der Waals surface area contributed by atoms with Crippen LogP contribution in [0, 0.1) is 11.8 Å². The van der Waals surface area contributed by atoms with Crippen molar-refractivity contribution in [2.75, 3.05) is 6.61 Å². The predicted molar refractivity (Wildman–Crippen MR) is 61.6 cm³/mol. The summed E-state index contributed by atoms with van der Waals surface area (Å²) in [6, 6.07) is 0. The molecule has 2 heteroatoms. The van der Waals surface area contributed by atoms with E-state index in [4.69, 9.17) is 4.74 Å². The molecule has 2 atom stereocenters. The van der Waals surface area contributed by atoms with Gasteiger partial charge < -0.3 is 4.74 Å². The van der Waals surface area contributed by atoms with Crippen LogP contribution in [0.1, 0.15) is 58.8 Å². The summed E-state index contributed by atoms with van der Waals surface area (Å²) in [6.45, 7) is 5.14. The second kappa shape index (κ2) is 6.86. The van der Waals surface area contributed by atoms with Gasteiger partial charge in [0, 0.05) is 5.92 Å². The average molecular weight is 212 g/mol. The molecule has 0 aromatic rings. The number of hydrogen-bond donors (Lipinski definition) is 0. The van der Waals surface area contributed by atoms with Crippen molar-refractivity contribution in [3.63, 3.8) is 0 Å². The number of esters is 1. The lowest BCUT2D eigenvalue weighted by atomic mass is 9.85. The second-order valence-corrected chi connectivity index (χ2v) is 4.66. The Labute approximate surface area is 93.4 Å². The SMILES string of the molecule is CCCCCCC(CC)C1COC(=O)C1. The molecule has 0 aromatic heterocycles. The van der Waals surface area contributed by atoms with Crippen molar-refractivity contribution in [2.45, 2.75) is 58.8 Å². The Morgan fingerprint density at radius 2 is 2.13 bits per heavy atom. The second-order valence-electron chi connectivity index (χ2n) is 4.66. The van der Waals surface area contributed by atoms with Crippen LogP contribution in [0.3, 0.4) is 0 Å². The molecule has 1 rings (SSSR count). The number of rotatable bonds is 7. The highest BCUT2D eigenvalue weighted by molar-refractivity contribution is 5.71. The van der Waals surface area contributed by atoms with Crippen molar-refractivity contribution < 1.29 is 9.53 Å². The smallest absolute Gasteiger partial charge is 0.306 e. The summed E-state index contributed by atoms with van der Waals surface area (Å²) >= 11 is 0. The Morgan fingerprint density at radius 1 is 1.33 bits per heavy atom. The van der Waals surface area contributed by atoms with Crippen LogP contribution in [0.4, 0.5) is 0 Å². The highest BCUT2D eigenvalue weighted by atomic mass is 16.5. The van der Waals surface area contributed by atoms with E-state index >= 15 is 0 Å². The van der Waals surface area contributed by atoms with E-state index in [-0.39, 0.29) is 5.97 Å². The van der Waals surface area contributed by atoms with Gasteiger partial charge in [0.1, 0.15) is 0 Å². The van der Waals surface area contributed by atoms with Gasteiger partial charge >= 0.3 is 5.97 Å². The quantitative estimate of drug-likeness (QED) is 0.476. The summed E-state index contributed by atoms with van der Waals surface area (Å²) < 4.78 is 5.04. The molecule has 0 spiro atoms. The van der Waals surface area contributed by atoms with Crippen molar-refractivity contribution in [3.05, 3.63) is 0 Å². The van der Waals surface area contributed by atoms with E-state index in [0.29, 0.717) is 24.9 Å². The van der Waals surface area contributed by atoms with Crippen LogP contribution >= 0.6 is 0 Å². The summed E-state index contributed by atoms with van der Waals surface area (Å²) in [6.07, 6.45) is 8.42. The zero-order valence-corrected chi connectivity index (χ0v) is 10.1. The molecule has 2 nitrogen and oxygen atoms in total. The Kier molecular flexibility index (Phi) is 5.74. The van der Waals surface area contributed by atoms with Crippen molar-refractivity contribution in [1.29, 1.82) is 0 Å². The van der Waals surface area contributed by atoms with Crippen LogP contribution in [0.5, 0.6) is 0 Å². The first-order valence-corrected chi connectivity index (χ1v) is 6.43. The third-order valence-electron chi connectivity index (χ3n) is 3.51. The molecule has 1 saturated heterocycles. The maximum Gasteiger partial charge on any atom is 0.306 e. The van der Waals surface area contributed by atoms with Gasteiger partial charge in [-0.05, 0) is 5.92 Å². The van der Waals surface area contributed by atoms with E-state index in [1.54, 1.807) is 0 Å². The van der Waals surface area contributed by atoms with Gasteiger partial charge in [0.15, 0.2) is 0 Å². The fourth-order valence-electron chi connectivity index (χ4n) is 2.44. The van der Waals surface area contributed by atoms with Crippen LogP contribution < -0.4 is 0 Å². The van der Waals surface area contributed by atoms with E-state index in [1.165, 1.54) is 38.5 Å². The minimum absolute atomic E-state index is 0.00649. The van der Waals surface area contributed by atoms with Crippen molar-refractivity contribution in [1.82, 2.24) is 0 Å². The van der Waals surface area contributed by atoms with Gasteiger partial charge in [-0.15, -0.1) is 0 Å². The molecule has 0 N–H and O–H groups in total. The summed E-state index contributed by atoms with van der Waals surface area (Å²) in [5.74, 6) is 1.21. The average Bonchev–Trinajstić information content (AvgIpc) is 2.65. The number of ether oxygens (including phenoxy) is 1. The van der Waals surface area contributed by atoms with Crippen LogP contribution in [0.2, 0.25) is 0 Å². The molecule has 0 aromatic carbocycles. The Hall–Kier alpha value is -0.530. The van der Waals surface area contributed by atoms with E-state index in [2.05, 4.69) is 13.8 Å². The molecular formula is C13H24O2. The third kappa shape index (κ3) is 4.23. The van der Waals surface area contributed by atoms with E-state index in [0.717, 1.165) is 0 Å². The number of carbonyl (C=O) groups excluding carboxylic acids is 1. The first-order chi connectivity index (χ1) is 7.27. The standard InChI is InChI=1S/C13H24O2/c1-3-5-6-7-8-11(4-2)12-9-13(14)15-10-12/h11-12H,3-10H2,1-2H3. The lowest BCUT2D eigenvalue weighted by molar-refractivity contribution is -0.137. The lowest BCUT2D eigenvalue weighted by Crippen LogP contribution is -2.14. The first-order valence-electron chi connectivity index (χ1n) is 6.43. The maximum absolute atomic E-state index is 11.0. The van der Waals surface area contributed by atoms with Crippen molar-refractivity contribution >= 4 is 5.97 Å². The summed E-state index contributed by atoms with van der Waals surface area (Å²) in [5.41, 5.74) is 0. The lowest BCUT2D eigenvalue weighted by Gasteiger charge is -2.19. The van der Waals surface area contributed by atoms with Gasteiger partial charge in [-0.2, -0.15) is 0 Å². The normalized spacial score (nSPS) is 22.8. The number of hydrogen-bond acceptors (Lipinski definition) is 2. The van der Waals surface area contributed by atoms with Gasteiger partial charge in [-0.25, -0.2) is 0 Å². The largest absolute Gasteiger partial charge is 0.465 e. The number of unbranched alkanes of at least 4 members (excludes halogenated alkanes) is 3. The topological polar surface area (TPSA) is 26.3 Å². The Bertz CT molecular complexity index is 189. The predicted octanol–water partition coefficient (Wildman–Crippen LogP) is 3.55. The molecule has 0 saturated carbocycles. The summed E-state index contributed by atoms with van der Waals surface area (Å²) in [5, 5.41) is 0. The van der Waals surface area contributed by atoms with E-state index in [1.807, 2.05) is 0 Å². The Balaban J connectivity index is 2.20. The molecule has 0 aliphatic carbocycles. The maximum atomic E-state index is 11.0. The molecule has 0 radical (unpaired) electrons. The zero-order chi connectivity index (χ0) is 11.1. The van der Waals surface area contributed by atoms with Gasteiger partial charge in [-0.3, -0.25) is 4.79 Å². The monoisotopic (exact) mass is 212 g/mol. The van der Waals surface area contributed by atoms with E-state index < -0.39 is 0 Å². The van der Waals surface area contributed by atoms with Gasteiger partial charge in [0.05, 0.1) is 13.0 Å². The highest BCUT2D eigenvalue weighted by Gasteiger charge is 2.29. The molecule has 1 heterocycles. The molecule has 0 bridgehead atoms. The zero-order valence-electron chi connectivity index (χ0n) is 10.1. The van der Waals surface area contributed by atoms with E-state index in [9.17, 15) is 4.79 Å². The fraction of sp³-hybridized carbons (Fsp3) is 0.923. The number of carbonyl (C=O) groups is 1. The molecule has 88 valence electrons. The molecule has 1 aliphatic rings. The van der Waals surface area contributed by atoms with Crippen LogP contribution in [-0.4, -0.2) is 12.6 Å². The number of cyclic esters (lactones) is 1. The fourth-order valence-corrected chi connectivity index (χ4v) is 2.44. The van der Waals surface area contributed by atoms with Crippen LogP contribution in [0.15, 0.2) is 0 Å². The molecule has 0 amide bonds. The van der Waals surface area contributed by atoms with Crippen molar-refractivity contribution in [3.8, 4) is 0 Å². The summed E-state index contributed by atoms with van der Waals surface area (Å²) in [4.78, 5) is 11.0. The van der Waals surface area contributed by atoms with Crippen LogP contribution in [-0.2, 0) is 9.53 Å². The van der Waals surface area contributed by atoms with Crippen LogP contribution in [0.25, 0.3) is 0 Å². The first kappa shape index (κ1) is 12.5.